The summed E-state index contributed by atoms with van der Waals surface area (Å²) >= 11 is 0. The lowest BCUT2D eigenvalue weighted by Crippen LogP contribution is -2.43. The van der Waals surface area contributed by atoms with E-state index in [0.717, 1.165) is 37.3 Å². The van der Waals surface area contributed by atoms with Crippen LogP contribution in [0.15, 0.2) is 54.5 Å². The van der Waals surface area contributed by atoms with Gasteiger partial charge in [-0.2, -0.15) is 8.78 Å². The van der Waals surface area contributed by atoms with E-state index in [1.165, 1.54) is 44.2 Å². The number of aromatic nitrogens is 1. The van der Waals surface area contributed by atoms with Crippen LogP contribution in [-0.4, -0.2) is 29.8 Å². The molecule has 0 aromatic carbocycles. The van der Waals surface area contributed by atoms with Crippen molar-refractivity contribution in [1.82, 2.24) is 10.3 Å². The highest BCUT2D eigenvalue weighted by Crippen LogP contribution is 2.45. The Labute approximate surface area is 189 Å². The molecule has 1 saturated heterocycles. The summed E-state index contributed by atoms with van der Waals surface area (Å²) in [6.07, 6.45) is 15.8. The summed E-state index contributed by atoms with van der Waals surface area (Å²) in [7, 11) is 1.59. The quantitative estimate of drug-likeness (QED) is 0.349. The first-order valence-electron chi connectivity index (χ1n) is 11.4. The van der Waals surface area contributed by atoms with E-state index in [0.29, 0.717) is 12.0 Å². The summed E-state index contributed by atoms with van der Waals surface area (Å²) in [4.78, 5) is 6.63. The van der Waals surface area contributed by atoms with Gasteiger partial charge in [0, 0.05) is 17.9 Å². The van der Waals surface area contributed by atoms with Crippen molar-refractivity contribution in [3.63, 3.8) is 0 Å². The molecule has 1 aromatic rings. The molecule has 1 atom stereocenters. The van der Waals surface area contributed by atoms with Crippen molar-refractivity contribution in [3.8, 4) is 0 Å². The maximum atomic E-state index is 13.5. The Morgan fingerprint density at radius 2 is 1.87 bits per heavy atom. The fourth-order valence-corrected chi connectivity index (χ4v) is 3.61. The van der Waals surface area contributed by atoms with Crippen LogP contribution >= 0.6 is 9.24 Å². The predicted octanol–water partition coefficient (Wildman–Crippen LogP) is 6.81. The topological polar surface area (TPSA) is 28.2 Å². The highest BCUT2D eigenvalue weighted by atomic mass is 31.0. The normalized spacial score (nSPS) is 18.3. The summed E-state index contributed by atoms with van der Waals surface area (Å²) in [5.74, 6) is 0.576. The van der Waals surface area contributed by atoms with Gasteiger partial charge >= 0.3 is 0 Å². The Hall–Kier alpha value is -1.58. The molecule has 172 valence electrons. The standard InChI is InChI=1S/C21H28F2N3P.C4H10/c1-3-17(7-4-15(2)21(22,23)27)26(18-8-11-24-12-9-18)20-14-25-13-10-19(20)16-5-6-16;1-3-4-2/h3-4,7,10,13-14,16,18,24H,1,5-6,8-9,11-12,27H2,2H3;3-4H2,1-2H3/b15-4+,17-7+;. The molecule has 0 amide bonds. The van der Waals surface area contributed by atoms with E-state index >= 15 is 0 Å². The third-order valence-electron chi connectivity index (χ3n) is 5.80. The van der Waals surface area contributed by atoms with Crippen molar-refractivity contribution in [2.45, 2.75) is 76.9 Å². The maximum absolute atomic E-state index is 13.5. The number of hydrogen-bond donors (Lipinski definition) is 1. The second-order valence-corrected chi connectivity index (χ2v) is 9.05. The van der Waals surface area contributed by atoms with Gasteiger partial charge in [-0.15, -0.1) is 0 Å². The van der Waals surface area contributed by atoms with Crippen LogP contribution in [-0.2, 0) is 0 Å². The van der Waals surface area contributed by atoms with E-state index in [-0.39, 0.29) is 5.57 Å². The molecule has 0 radical (unpaired) electrons. The van der Waals surface area contributed by atoms with Gasteiger partial charge in [0.15, 0.2) is 0 Å². The van der Waals surface area contributed by atoms with E-state index in [1.807, 2.05) is 12.4 Å². The molecular formula is C25H38F2N3P. The lowest BCUT2D eigenvalue weighted by molar-refractivity contribution is 0.147. The molecule has 31 heavy (non-hydrogen) atoms. The fraction of sp³-hybridized carbons (Fsp3) is 0.560. The first-order valence-corrected chi connectivity index (χ1v) is 12.0. The predicted molar refractivity (Wildman–Crippen MR) is 132 cm³/mol. The molecule has 2 fully saturated rings. The van der Waals surface area contributed by atoms with Crippen molar-refractivity contribution in [1.29, 1.82) is 0 Å². The van der Waals surface area contributed by atoms with E-state index in [4.69, 9.17) is 0 Å². The molecule has 6 heteroatoms. The average molecular weight is 450 g/mol. The van der Waals surface area contributed by atoms with Gasteiger partial charge in [-0.25, -0.2) is 0 Å². The number of nitrogens with one attached hydrogen (secondary N) is 1. The second-order valence-electron chi connectivity index (χ2n) is 8.33. The van der Waals surface area contributed by atoms with Crippen LogP contribution in [0, 0.1) is 0 Å². The van der Waals surface area contributed by atoms with Gasteiger partial charge in [-0.1, -0.05) is 48.6 Å². The van der Waals surface area contributed by atoms with Crippen LogP contribution in [0.3, 0.4) is 0 Å². The van der Waals surface area contributed by atoms with Gasteiger partial charge in [0.05, 0.1) is 11.9 Å². The molecule has 1 N–H and O–H groups in total. The molecule has 1 aliphatic carbocycles. The number of anilines is 1. The van der Waals surface area contributed by atoms with Gasteiger partial charge in [0.1, 0.15) is 0 Å². The van der Waals surface area contributed by atoms with Crippen molar-refractivity contribution >= 4 is 14.9 Å². The fourth-order valence-electron chi connectivity index (χ4n) is 3.52. The number of hydrogen-bond acceptors (Lipinski definition) is 3. The third kappa shape index (κ3) is 7.80. The number of halogens is 2. The zero-order chi connectivity index (χ0) is 22.9. The van der Waals surface area contributed by atoms with Crippen LogP contribution < -0.4 is 10.2 Å². The second kappa shape index (κ2) is 12.5. The lowest BCUT2D eigenvalue weighted by atomic mass is 10.0. The van der Waals surface area contributed by atoms with E-state index < -0.39 is 5.66 Å². The maximum Gasteiger partial charge on any atom is 0.280 e. The number of alkyl halides is 2. The minimum Gasteiger partial charge on any atom is -0.337 e. The Bertz CT molecular complexity index is 758. The summed E-state index contributed by atoms with van der Waals surface area (Å²) in [5, 5.41) is 3.40. The van der Waals surface area contributed by atoms with E-state index in [2.05, 4.69) is 41.7 Å². The first-order chi connectivity index (χ1) is 14.8. The molecule has 2 heterocycles. The Balaban J connectivity index is 0.000000785. The van der Waals surface area contributed by atoms with Gasteiger partial charge < -0.3 is 10.2 Å². The van der Waals surface area contributed by atoms with Gasteiger partial charge in [-0.05, 0) is 81.0 Å². The Morgan fingerprint density at radius 3 is 2.39 bits per heavy atom. The summed E-state index contributed by atoms with van der Waals surface area (Å²) in [5.41, 5.74) is 0.321. The monoisotopic (exact) mass is 449 g/mol. The van der Waals surface area contributed by atoms with Crippen LogP contribution in [0.25, 0.3) is 0 Å². The molecule has 1 unspecified atom stereocenters. The van der Waals surface area contributed by atoms with Gasteiger partial charge in [0.2, 0.25) is 0 Å². The lowest BCUT2D eigenvalue weighted by Gasteiger charge is -2.38. The minimum absolute atomic E-state index is 0.00529. The van der Waals surface area contributed by atoms with Gasteiger partial charge in [-0.3, -0.25) is 4.98 Å². The Morgan fingerprint density at radius 1 is 1.23 bits per heavy atom. The minimum atomic E-state index is -2.91. The number of piperidine rings is 1. The largest absolute Gasteiger partial charge is 0.337 e. The zero-order valence-corrected chi connectivity index (χ0v) is 20.4. The third-order valence-corrected chi connectivity index (χ3v) is 6.26. The first kappa shape index (κ1) is 25.7. The van der Waals surface area contributed by atoms with Crippen molar-refractivity contribution < 1.29 is 8.78 Å². The smallest absolute Gasteiger partial charge is 0.280 e. The van der Waals surface area contributed by atoms with Gasteiger partial charge in [0.25, 0.3) is 5.66 Å². The van der Waals surface area contributed by atoms with Crippen LogP contribution in [0.5, 0.6) is 0 Å². The SMILES string of the molecule is C=C/C(=C\C=C(/C)C(F)(F)P)N(c1cnccc1C1CC1)C1CCNCC1.CCCC. The molecule has 3 nitrogen and oxygen atoms in total. The van der Waals surface area contributed by atoms with E-state index in [1.54, 1.807) is 21.4 Å². The number of rotatable bonds is 8. The van der Waals surface area contributed by atoms with Crippen LogP contribution in [0.4, 0.5) is 14.5 Å². The number of nitrogens with zero attached hydrogens (tertiary/aromatic N) is 2. The van der Waals surface area contributed by atoms with Crippen molar-refractivity contribution in [3.05, 3.63) is 60.1 Å². The van der Waals surface area contributed by atoms with Crippen molar-refractivity contribution in [2.24, 2.45) is 0 Å². The summed E-state index contributed by atoms with van der Waals surface area (Å²) in [6.45, 7) is 11.7. The summed E-state index contributed by atoms with van der Waals surface area (Å²) in [6, 6.07) is 2.39. The molecule has 3 rings (SSSR count). The average Bonchev–Trinajstić information content (AvgIpc) is 3.62. The van der Waals surface area contributed by atoms with Crippen molar-refractivity contribution in [2.75, 3.05) is 18.0 Å². The summed E-state index contributed by atoms with van der Waals surface area (Å²) < 4.78 is 27.1. The van der Waals surface area contributed by atoms with Crippen LogP contribution in [0.1, 0.15) is 70.8 Å². The molecule has 0 bridgehead atoms. The molecular weight excluding hydrogens is 411 g/mol. The highest BCUT2D eigenvalue weighted by Gasteiger charge is 2.31. The molecule has 1 aromatic heterocycles. The molecule has 1 saturated carbocycles. The van der Waals surface area contributed by atoms with E-state index in [9.17, 15) is 8.78 Å². The molecule has 2 aliphatic rings. The Kier molecular flexibility index (Phi) is 10.3. The number of pyridine rings is 1. The van der Waals surface area contributed by atoms with Crippen LogP contribution in [0.2, 0.25) is 0 Å². The zero-order valence-electron chi connectivity index (χ0n) is 19.2. The number of unbranched alkanes of at least 4 members (excludes halogenated alkanes) is 1. The highest BCUT2D eigenvalue weighted by molar-refractivity contribution is 7.18. The number of allylic oxidation sites excluding steroid dienone is 4. The molecule has 1 aliphatic heterocycles. The molecule has 0 spiro atoms.